The number of hydrogen-bond acceptors (Lipinski definition) is 2. The molecule has 2 atom stereocenters. The average Bonchev–Trinajstić information content (AvgIpc) is 2.32. The number of nitrogens with one attached hydrogen (secondary N) is 1. The van der Waals surface area contributed by atoms with Gasteiger partial charge in [0.1, 0.15) is 0 Å². The van der Waals surface area contributed by atoms with Gasteiger partial charge in [0.05, 0.1) is 0 Å². The van der Waals surface area contributed by atoms with Gasteiger partial charge < -0.3 is 10.4 Å². The zero-order valence-electron chi connectivity index (χ0n) is 10.7. The van der Waals surface area contributed by atoms with Crippen molar-refractivity contribution in [3.05, 3.63) is 0 Å². The van der Waals surface area contributed by atoms with Gasteiger partial charge in [-0.1, -0.05) is 32.1 Å². The Kier molecular flexibility index (Phi) is 4.84. The summed E-state index contributed by atoms with van der Waals surface area (Å²) in [5, 5.41) is 12.7. The molecule has 3 heteroatoms. The lowest BCUT2D eigenvalue weighted by Gasteiger charge is -2.36. The van der Waals surface area contributed by atoms with Crippen LogP contribution in [0, 0.1) is 5.92 Å². The molecule has 2 fully saturated rings. The van der Waals surface area contributed by atoms with E-state index in [2.05, 4.69) is 5.32 Å². The van der Waals surface area contributed by atoms with Gasteiger partial charge >= 0.3 is 5.97 Å². The first-order valence-corrected chi connectivity index (χ1v) is 7.23. The quantitative estimate of drug-likeness (QED) is 0.793. The van der Waals surface area contributed by atoms with Gasteiger partial charge in [-0.25, -0.2) is 0 Å². The van der Waals surface area contributed by atoms with Crippen molar-refractivity contribution in [2.24, 2.45) is 5.92 Å². The third kappa shape index (κ3) is 3.98. The second-order valence-electron chi connectivity index (χ2n) is 5.75. The Morgan fingerprint density at radius 2 is 1.65 bits per heavy atom. The highest BCUT2D eigenvalue weighted by atomic mass is 16.4. The van der Waals surface area contributed by atoms with Crippen LogP contribution in [0.25, 0.3) is 0 Å². The molecule has 0 saturated heterocycles. The van der Waals surface area contributed by atoms with Gasteiger partial charge in [0.15, 0.2) is 0 Å². The van der Waals surface area contributed by atoms with Crippen LogP contribution < -0.4 is 5.32 Å². The van der Waals surface area contributed by atoms with E-state index in [1.165, 1.54) is 51.4 Å². The molecule has 98 valence electrons. The van der Waals surface area contributed by atoms with Gasteiger partial charge in [-0.05, 0) is 31.6 Å². The monoisotopic (exact) mass is 239 g/mol. The summed E-state index contributed by atoms with van der Waals surface area (Å²) in [5.74, 6) is -0.268. The maximum Gasteiger partial charge on any atom is 0.303 e. The van der Waals surface area contributed by atoms with Gasteiger partial charge in [-0.15, -0.1) is 0 Å². The summed E-state index contributed by atoms with van der Waals surface area (Å²) in [6.45, 7) is 0. The second kappa shape index (κ2) is 6.39. The number of aliphatic carboxylic acids is 1. The van der Waals surface area contributed by atoms with Crippen LogP contribution in [-0.2, 0) is 4.79 Å². The third-order valence-corrected chi connectivity index (χ3v) is 4.40. The molecule has 0 aromatic carbocycles. The molecule has 0 spiro atoms. The second-order valence-corrected chi connectivity index (χ2v) is 5.75. The van der Waals surface area contributed by atoms with Crippen LogP contribution in [0.4, 0.5) is 0 Å². The summed E-state index contributed by atoms with van der Waals surface area (Å²) in [6, 6.07) is 1.12. The number of carboxylic acid groups (broad SMARTS) is 1. The highest BCUT2D eigenvalue weighted by molar-refractivity contribution is 5.67. The van der Waals surface area contributed by atoms with Crippen molar-refractivity contribution in [1.82, 2.24) is 5.32 Å². The summed E-state index contributed by atoms with van der Waals surface area (Å²) < 4.78 is 0. The topological polar surface area (TPSA) is 49.3 Å². The van der Waals surface area contributed by atoms with Gasteiger partial charge in [0, 0.05) is 18.5 Å². The molecule has 0 aliphatic heterocycles. The molecule has 0 bridgehead atoms. The van der Waals surface area contributed by atoms with E-state index >= 15 is 0 Å². The van der Waals surface area contributed by atoms with Crippen molar-refractivity contribution in [2.45, 2.75) is 76.3 Å². The number of carbonyl (C=O) groups is 1. The fraction of sp³-hybridized carbons (Fsp3) is 0.929. The molecule has 0 heterocycles. The Morgan fingerprint density at radius 3 is 2.35 bits per heavy atom. The summed E-state index contributed by atoms with van der Waals surface area (Å²) in [4.78, 5) is 10.9. The molecular formula is C14H25NO2. The largest absolute Gasteiger partial charge is 0.481 e. The number of rotatable bonds is 4. The van der Waals surface area contributed by atoms with Crippen LogP contribution in [0.3, 0.4) is 0 Å². The summed E-state index contributed by atoms with van der Waals surface area (Å²) in [5.41, 5.74) is 0. The molecule has 0 amide bonds. The summed E-state index contributed by atoms with van der Waals surface area (Å²) in [6.07, 6.45) is 11.7. The minimum absolute atomic E-state index is 0.352. The molecule has 2 aliphatic rings. The highest BCUT2D eigenvalue weighted by Crippen LogP contribution is 2.29. The van der Waals surface area contributed by atoms with Gasteiger partial charge in [0.25, 0.3) is 0 Å². The molecule has 0 aromatic rings. The molecule has 2 saturated carbocycles. The minimum Gasteiger partial charge on any atom is -0.481 e. The number of hydrogen-bond donors (Lipinski definition) is 2. The molecule has 2 aliphatic carbocycles. The Balaban J connectivity index is 1.84. The van der Waals surface area contributed by atoms with E-state index in [9.17, 15) is 4.79 Å². The van der Waals surface area contributed by atoms with Crippen LogP contribution in [0.2, 0.25) is 0 Å². The standard InChI is InChI=1S/C14H25NO2/c16-14(17)10-11-6-4-5-9-13(11)15-12-7-2-1-3-8-12/h11-13,15H,1-10H2,(H,16,17). The maximum absolute atomic E-state index is 10.9. The lowest BCUT2D eigenvalue weighted by molar-refractivity contribution is -0.138. The van der Waals surface area contributed by atoms with E-state index < -0.39 is 5.97 Å². The van der Waals surface area contributed by atoms with Gasteiger partial charge in [0.2, 0.25) is 0 Å². The maximum atomic E-state index is 10.9. The van der Waals surface area contributed by atoms with Crippen LogP contribution in [0.15, 0.2) is 0 Å². The fourth-order valence-electron chi connectivity index (χ4n) is 3.47. The van der Waals surface area contributed by atoms with Crippen LogP contribution in [0.5, 0.6) is 0 Å². The molecule has 2 N–H and O–H groups in total. The molecule has 17 heavy (non-hydrogen) atoms. The third-order valence-electron chi connectivity index (χ3n) is 4.40. The van der Waals surface area contributed by atoms with E-state index in [1.54, 1.807) is 0 Å². The fourth-order valence-corrected chi connectivity index (χ4v) is 3.47. The van der Waals surface area contributed by atoms with Crippen molar-refractivity contribution in [3.8, 4) is 0 Å². The van der Waals surface area contributed by atoms with Crippen LogP contribution in [0.1, 0.15) is 64.2 Å². The van der Waals surface area contributed by atoms with Crippen molar-refractivity contribution in [2.75, 3.05) is 0 Å². The first kappa shape index (κ1) is 12.9. The minimum atomic E-state index is -0.632. The van der Waals surface area contributed by atoms with Gasteiger partial charge in [-0.2, -0.15) is 0 Å². The first-order chi connectivity index (χ1) is 8.25. The van der Waals surface area contributed by atoms with Crippen molar-refractivity contribution in [3.63, 3.8) is 0 Å². The molecule has 0 aromatic heterocycles. The predicted molar refractivity (Wildman–Crippen MR) is 68.0 cm³/mol. The SMILES string of the molecule is O=C(O)CC1CCCCC1NC1CCCCC1. The zero-order chi connectivity index (χ0) is 12.1. The summed E-state index contributed by atoms with van der Waals surface area (Å²) >= 11 is 0. The molecule has 2 unspecified atom stereocenters. The van der Waals surface area contributed by atoms with E-state index in [-0.39, 0.29) is 0 Å². The van der Waals surface area contributed by atoms with Crippen LogP contribution in [-0.4, -0.2) is 23.2 Å². The van der Waals surface area contributed by atoms with Crippen molar-refractivity contribution < 1.29 is 9.90 Å². The van der Waals surface area contributed by atoms with E-state index in [0.29, 0.717) is 24.4 Å². The molecule has 0 radical (unpaired) electrons. The normalized spacial score (nSPS) is 31.3. The first-order valence-electron chi connectivity index (χ1n) is 7.23. The highest BCUT2D eigenvalue weighted by Gasteiger charge is 2.28. The van der Waals surface area contributed by atoms with Crippen molar-refractivity contribution >= 4 is 5.97 Å². The zero-order valence-corrected chi connectivity index (χ0v) is 10.7. The van der Waals surface area contributed by atoms with E-state index in [4.69, 9.17) is 5.11 Å². The molecule has 3 nitrogen and oxygen atoms in total. The number of carboxylic acids is 1. The van der Waals surface area contributed by atoms with E-state index in [1.807, 2.05) is 0 Å². The van der Waals surface area contributed by atoms with Crippen LogP contribution >= 0.6 is 0 Å². The average molecular weight is 239 g/mol. The Bertz CT molecular complexity index is 249. The Morgan fingerprint density at radius 1 is 1.00 bits per heavy atom. The smallest absolute Gasteiger partial charge is 0.303 e. The Labute approximate surface area is 104 Å². The lowest BCUT2D eigenvalue weighted by atomic mass is 9.81. The van der Waals surface area contributed by atoms with E-state index in [0.717, 1.165) is 6.42 Å². The summed E-state index contributed by atoms with van der Waals surface area (Å²) in [7, 11) is 0. The molecule has 2 rings (SSSR count). The Hall–Kier alpha value is -0.570. The predicted octanol–water partition coefficient (Wildman–Crippen LogP) is 2.94. The van der Waals surface area contributed by atoms with Crippen molar-refractivity contribution in [1.29, 1.82) is 0 Å². The van der Waals surface area contributed by atoms with Gasteiger partial charge in [-0.3, -0.25) is 4.79 Å². The lowest BCUT2D eigenvalue weighted by Crippen LogP contribution is -2.45. The molecular weight excluding hydrogens is 214 g/mol.